The zero-order chi connectivity index (χ0) is 15.3. The summed E-state index contributed by atoms with van der Waals surface area (Å²) in [5.41, 5.74) is 1.46. The Kier molecular flexibility index (Phi) is 5.63. The number of pyridine rings is 1. The minimum Gasteiger partial charge on any atom is -0.353 e. The fraction of sp³-hybridized carbons (Fsp3) is 0.722. The smallest absolute Gasteiger partial charge is 0.133 e. The van der Waals surface area contributed by atoms with Crippen LogP contribution in [0.15, 0.2) is 18.3 Å². The first kappa shape index (κ1) is 16.3. The number of rotatable bonds is 4. The summed E-state index contributed by atoms with van der Waals surface area (Å²) < 4.78 is 0. The van der Waals surface area contributed by atoms with E-state index in [4.69, 9.17) is 4.98 Å². The second-order valence-corrected chi connectivity index (χ2v) is 7.19. The van der Waals surface area contributed by atoms with Crippen molar-refractivity contribution < 1.29 is 0 Å². The van der Waals surface area contributed by atoms with E-state index in [-0.39, 0.29) is 5.54 Å². The molecule has 1 aromatic rings. The molecule has 1 aliphatic rings. The summed E-state index contributed by atoms with van der Waals surface area (Å²) in [5, 5.41) is 3.60. The highest BCUT2D eigenvalue weighted by Gasteiger charge is 2.23. The molecule has 1 fully saturated rings. The normalized spacial score (nSPS) is 20.4. The van der Waals surface area contributed by atoms with Crippen LogP contribution in [-0.4, -0.2) is 23.1 Å². The van der Waals surface area contributed by atoms with Gasteiger partial charge >= 0.3 is 0 Å². The molecule has 0 aliphatic carbocycles. The first-order chi connectivity index (χ1) is 10.0. The highest BCUT2D eigenvalue weighted by atomic mass is 15.2. The molecule has 0 radical (unpaired) electrons. The van der Waals surface area contributed by atoms with Crippen LogP contribution in [0.2, 0.25) is 0 Å². The van der Waals surface area contributed by atoms with E-state index in [0.717, 1.165) is 13.1 Å². The lowest BCUT2D eigenvalue weighted by Crippen LogP contribution is -2.38. The third-order valence-corrected chi connectivity index (χ3v) is 4.30. The molecule has 1 atom stereocenters. The van der Waals surface area contributed by atoms with Crippen LogP contribution in [0.4, 0.5) is 5.82 Å². The van der Waals surface area contributed by atoms with Gasteiger partial charge in [0.05, 0.1) is 0 Å². The van der Waals surface area contributed by atoms with Crippen molar-refractivity contribution in [3.05, 3.63) is 23.9 Å². The molecule has 1 aromatic heterocycles. The summed E-state index contributed by atoms with van der Waals surface area (Å²) in [4.78, 5) is 7.29. The van der Waals surface area contributed by atoms with Gasteiger partial charge in [-0.3, -0.25) is 0 Å². The number of anilines is 1. The van der Waals surface area contributed by atoms with E-state index in [0.29, 0.717) is 6.04 Å². The standard InChI is InChI=1S/C18H31N3/c1-5-16-11-7-6-8-13-21(16)17-15(10-9-12-19-17)14-20-18(2,3)4/h9-10,12,16,20H,5-8,11,13-14H2,1-4H3. The third-order valence-electron chi connectivity index (χ3n) is 4.30. The molecule has 21 heavy (non-hydrogen) atoms. The largest absolute Gasteiger partial charge is 0.353 e. The Labute approximate surface area is 130 Å². The lowest BCUT2D eigenvalue weighted by atomic mass is 10.1. The molecule has 1 aliphatic heterocycles. The second kappa shape index (κ2) is 7.26. The van der Waals surface area contributed by atoms with Crippen LogP contribution >= 0.6 is 0 Å². The van der Waals surface area contributed by atoms with E-state index >= 15 is 0 Å². The highest BCUT2D eigenvalue weighted by molar-refractivity contribution is 5.48. The topological polar surface area (TPSA) is 28.2 Å². The van der Waals surface area contributed by atoms with E-state index in [2.05, 4.69) is 50.0 Å². The fourth-order valence-electron chi connectivity index (χ4n) is 3.07. The van der Waals surface area contributed by atoms with Crippen LogP contribution in [0.3, 0.4) is 0 Å². The maximum atomic E-state index is 4.73. The van der Waals surface area contributed by atoms with Gasteiger partial charge in [-0.05, 0) is 46.1 Å². The van der Waals surface area contributed by atoms with Crippen LogP contribution in [0.1, 0.15) is 65.4 Å². The minimum absolute atomic E-state index is 0.135. The van der Waals surface area contributed by atoms with Crippen LogP contribution in [0, 0.1) is 0 Å². The first-order valence-electron chi connectivity index (χ1n) is 8.47. The molecule has 1 unspecified atom stereocenters. The second-order valence-electron chi connectivity index (χ2n) is 7.19. The predicted molar refractivity (Wildman–Crippen MR) is 90.7 cm³/mol. The van der Waals surface area contributed by atoms with Gasteiger partial charge in [-0.1, -0.05) is 25.8 Å². The van der Waals surface area contributed by atoms with Gasteiger partial charge < -0.3 is 10.2 Å². The molecule has 2 rings (SSSR count). The summed E-state index contributed by atoms with van der Waals surface area (Å²) >= 11 is 0. The number of hydrogen-bond acceptors (Lipinski definition) is 3. The molecule has 3 nitrogen and oxygen atoms in total. The molecule has 0 saturated carbocycles. The number of hydrogen-bond donors (Lipinski definition) is 1. The van der Waals surface area contributed by atoms with Crippen LogP contribution in [0.25, 0.3) is 0 Å². The van der Waals surface area contributed by atoms with Gasteiger partial charge in [0.15, 0.2) is 0 Å². The number of aromatic nitrogens is 1. The first-order valence-corrected chi connectivity index (χ1v) is 8.47. The Morgan fingerprint density at radius 2 is 2.10 bits per heavy atom. The zero-order valence-electron chi connectivity index (χ0n) is 14.2. The van der Waals surface area contributed by atoms with E-state index in [1.54, 1.807) is 0 Å². The van der Waals surface area contributed by atoms with Crippen molar-refractivity contribution in [1.29, 1.82) is 0 Å². The lowest BCUT2D eigenvalue weighted by molar-refractivity contribution is 0.423. The Morgan fingerprint density at radius 1 is 1.29 bits per heavy atom. The third kappa shape index (κ3) is 4.70. The van der Waals surface area contributed by atoms with Crippen molar-refractivity contribution >= 4 is 5.82 Å². The number of nitrogens with one attached hydrogen (secondary N) is 1. The van der Waals surface area contributed by atoms with Crippen molar-refractivity contribution in [2.45, 2.75) is 77.9 Å². The Balaban J connectivity index is 2.20. The van der Waals surface area contributed by atoms with Crippen LogP contribution in [-0.2, 0) is 6.54 Å². The van der Waals surface area contributed by atoms with E-state index in [1.807, 2.05) is 6.20 Å². The monoisotopic (exact) mass is 289 g/mol. The summed E-state index contributed by atoms with van der Waals surface area (Å²) in [7, 11) is 0. The van der Waals surface area contributed by atoms with Gasteiger partial charge in [0.25, 0.3) is 0 Å². The predicted octanol–water partition coefficient (Wildman–Crippen LogP) is 4.13. The van der Waals surface area contributed by atoms with E-state index in [1.165, 1.54) is 43.5 Å². The van der Waals surface area contributed by atoms with E-state index < -0.39 is 0 Å². The van der Waals surface area contributed by atoms with Crippen molar-refractivity contribution in [2.75, 3.05) is 11.4 Å². The Bertz CT molecular complexity index is 436. The molecular formula is C18H31N3. The van der Waals surface area contributed by atoms with Gasteiger partial charge in [-0.25, -0.2) is 4.98 Å². The van der Waals surface area contributed by atoms with Gasteiger partial charge in [0.2, 0.25) is 0 Å². The SMILES string of the molecule is CCC1CCCCCN1c1ncccc1CNC(C)(C)C. The minimum atomic E-state index is 0.135. The van der Waals surface area contributed by atoms with Crippen molar-refractivity contribution in [1.82, 2.24) is 10.3 Å². The zero-order valence-corrected chi connectivity index (χ0v) is 14.2. The summed E-state index contributed by atoms with van der Waals surface area (Å²) in [6.07, 6.45) is 8.46. The molecule has 0 aromatic carbocycles. The molecule has 2 heterocycles. The summed E-state index contributed by atoms with van der Waals surface area (Å²) in [6.45, 7) is 11.0. The fourth-order valence-corrected chi connectivity index (χ4v) is 3.07. The molecular weight excluding hydrogens is 258 g/mol. The average Bonchev–Trinajstić information content (AvgIpc) is 2.69. The molecule has 0 bridgehead atoms. The molecule has 1 N–H and O–H groups in total. The van der Waals surface area contributed by atoms with Gasteiger partial charge in [-0.15, -0.1) is 0 Å². The average molecular weight is 289 g/mol. The quantitative estimate of drug-likeness (QED) is 0.903. The molecule has 1 saturated heterocycles. The summed E-state index contributed by atoms with van der Waals surface area (Å²) in [6, 6.07) is 4.93. The highest BCUT2D eigenvalue weighted by Crippen LogP contribution is 2.27. The van der Waals surface area contributed by atoms with E-state index in [9.17, 15) is 0 Å². The van der Waals surface area contributed by atoms with Crippen LogP contribution in [0.5, 0.6) is 0 Å². The molecule has 0 amide bonds. The molecule has 0 spiro atoms. The van der Waals surface area contributed by atoms with Gasteiger partial charge in [0, 0.05) is 36.4 Å². The molecule has 118 valence electrons. The Morgan fingerprint density at radius 3 is 2.81 bits per heavy atom. The summed E-state index contributed by atoms with van der Waals surface area (Å²) in [5.74, 6) is 1.20. The van der Waals surface area contributed by atoms with Gasteiger partial charge in [0.1, 0.15) is 5.82 Å². The van der Waals surface area contributed by atoms with Crippen molar-refractivity contribution in [3.63, 3.8) is 0 Å². The lowest BCUT2D eigenvalue weighted by Gasteiger charge is -2.32. The van der Waals surface area contributed by atoms with Crippen molar-refractivity contribution in [2.24, 2.45) is 0 Å². The Hall–Kier alpha value is -1.09. The van der Waals surface area contributed by atoms with Gasteiger partial charge in [-0.2, -0.15) is 0 Å². The maximum absolute atomic E-state index is 4.73. The van der Waals surface area contributed by atoms with Crippen molar-refractivity contribution in [3.8, 4) is 0 Å². The van der Waals surface area contributed by atoms with Crippen LogP contribution < -0.4 is 10.2 Å². The molecule has 3 heteroatoms. The number of nitrogens with zero attached hydrogens (tertiary/aromatic N) is 2. The maximum Gasteiger partial charge on any atom is 0.133 e.